The van der Waals surface area contributed by atoms with Crippen LogP contribution < -0.4 is 14.5 Å². The minimum absolute atomic E-state index is 0.0728. The van der Waals surface area contributed by atoms with E-state index >= 15 is 0 Å². The van der Waals surface area contributed by atoms with E-state index in [1.807, 2.05) is 12.1 Å². The van der Waals surface area contributed by atoms with Crippen molar-refractivity contribution in [1.82, 2.24) is 14.9 Å². The zero-order valence-corrected chi connectivity index (χ0v) is 27.2. The van der Waals surface area contributed by atoms with Crippen molar-refractivity contribution in [2.24, 2.45) is 5.41 Å². The van der Waals surface area contributed by atoms with Gasteiger partial charge in [0.2, 0.25) is 12.5 Å². The maximum Gasteiger partial charge on any atom is 0.318 e. The summed E-state index contributed by atoms with van der Waals surface area (Å²) in [5.74, 6) is 0.686. The third-order valence-electron chi connectivity index (χ3n) is 10.3. The van der Waals surface area contributed by atoms with E-state index in [4.69, 9.17) is 37.6 Å². The Morgan fingerprint density at radius 2 is 1.98 bits per heavy atom. The predicted molar refractivity (Wildman–Crippen MR) is 180 cm³/mol. The summed E-state index contributed by atoms with van der Waals surface area (Å²) in [4.78, 5) is 32.5. The topological polar surface area (TPSA) is 75.4 Å². The molecule has 2 atom stereocenters. The predicted octanol–water partition coefficient (Wildman–Crippen LogP) is 6.08. The van der Waals surface area contributed by atoms with E-state index in [-0.39, 0.29) is 24.6 Å². The zero-order chi connectivity index (χ0) is 31.8. The molecule has 0 unspecified atom stereocenters. The van der Waals surface area contributed by atoms with Crippen molar-refractivity contribution in [3.63, 3.8) is 0 Å². The first-order valence-corrected chi connectivity index (χ1v) is 16.9. The highest BCUT2D eigenvalue weighted by molar-refractivity contribution is 6.36. The third-order valence-corrected chi connectivity index (χ3v) is 10.7. The molecule has 2 aliphatic carbocycles. The molecule has 1 saturated heterocycles. The monoisotopic (exact) mass is 640 g/mol. The van der Waals surface area contributed by atoms with Crippen LogP contribution in [0.25, 0.3) is 15.6 Å². The maximum atomic E-state index is 12.6. The summed E-state index contributed by atoms with van der Waals surface area (Å²) in [6.45, 7) is 16.8. The zero-order valence-electron chi connectivity index (χ0n) is 26.5. The average Bonchev–Trinajstić information content (AvgIpc) is 3.03. The molecule has 4 aliphatic rings. The lowest BCUT2D eigenvalue weighted by Crippen LogP contribution is -2.56. The lowest BCUT2D eigenvalue weighted by Gasteiger charge is -2.54. The van der Waals surface area contributed by atoms with Crippen LogP contribution in [0.15, 0.2) is 49.1 Å². The number of rotatable bonds is 9. The molecule has 2 aliphatic heterocycles. The number of benzene rings is 2. The molecular weight excluding hydrogens is 600 g/mol. The van der Waals surface area contributed by atoms with Crippen molar-refractivity contribution in [1.29, 1.82) is 0 Å². The largest absolute Gasteiger partial charge is 0.461 e. The molecule has 1 spiro atoms. The highest BCUT2D eigenvalue weighted by Crippen LogP contribution is 2.56. The van der Waals surface area contributed by atoms with Gasteiger partial charge < -0.3 is 29.0 Å². The van der Waals surface area contributed by atoms with Crippen LogP contribution in [-0.2, 0) is 22.5 Å². The number of piperazine rings is 1. The van der Waals surface area contributed by atoms with Crippen LogP contribution in [0.1, 0.15) is 50.3 Å². The van der Waals surface area contributed by atoms with E-state index in [1.54, 1.807) is 4.90 Å². The average molecular weight is 641 g/mol. The second-order valence-corrected chi connectivity index (χ2v) is 13.8. The van der Waals surface area contributed by atoms with Gasteiger partial charge in [0.1, 0.15) is 18.5 Å². The molecule has 240 valence electrons. The maximum absolute atomic E-state index is 12.6. The lowest BCUT2D eigenvalue weighted by atomic mass is 9.55. The van der Waals surface area contributed by atoms with Gasteiger partial charge in [0.25, 0.3) is 0 Å². The molecule has 3 aromatic rings. The molecule has 0 N–H and O–H groups in total. The SMILES string of the molecule is [C-]#[N+]C[C@H]1CN(c2nc(OC[C@H](C)OC3CC4(CCC4)C3)nc3c2CCN(c2cccc4cccc(Cl)c24)C3)CCN1C(=O)C=C. The van der Waals surface area contributed by atoms with Crippen LogP contribution >= 0.6 is 11.6 Å². The van der Waals surface area contributed by atoms with Crippen LogP contribution in [0.3, 0.4) is 0 Å². The van der Waals surface area contributed by atoms with E-state index in [0.29, 0.717) is 50.3 Å². The van der Waals surface area contributed by atoms with Gasteiger partial charge in [0.15, 0.2) is 0 Å². The van der Waals surface area contributed by atoms with Crippen LogP contribution in [0.2, 0.25) is 5.02 Å². The van der Waals surface area contributed by atoms with Gasteiger partial charge in [-0.25, -0.2) is 6.57 Å². The first kappa shape index (κ1) is 30.8. The second-order valence-electron chi connectivity index (χ2n) is 13.4. The number of carbonyl (C=O) groups excluding carboxylic acids is 1. The van der Waals surface area contributed by atoms with Crippen LogP contribution in [0, 0.1) is 12.0 Å². The van der Waals surface area contributed by atoms with E-state index in [2.05, 4.69) is 52.4 Å². The summed E-state index contributed by atoms with van der Waals surface area (Å²) in [6.07, 6.45) is 8.69. The standard InChI is InChI=1S/C36H41ClN6O3/c1-4-32(44)43-17-16-42(21-26(43)20-38-3)34-28-12-15-41(31-11-6-9-25-8-5-10-29(37)33(25)31)22-30(28)39-35(40-34)45-23-24(2)46-27-18-36(19-27)13-7-14-36/h4-6,8-11,24,26-27H,1,7,12-23H2,2H3/t24-,26-/m0/s1. The highest BCUT2D eigenvalue weighted by Gasteiger charge is 2.49. The highest BCUT2D eigenvalue weighted by atomic mass is 35.5. The second kappa shape index (κ2) is 12.7. The number of hydrogen-bond donors (Lipinski definition) is 0. The number of fused-ring (bicyclic) bond motifs is 2. The van der Waals surface area contributed by atoms with Gasteiger partial charge in [-0.2, -0.15) is 9.97 Å². The number of carbonyl (C=O) groups is 1. The number of anilines is 2. The van der Waals surface area contributed by atoms with E-state index in [1.165, 1.54) is 25.3 Å². The van der Waals surface area contributed by atoms with Gasteiger partial charge >= 0.3 is 6.01 Å². The molecule has 1 amide bonds. The van der Waals surface area contributed by atoms with Gasteiger partial charge in [-0.1, -0.05) is 48.9 Å². The fourth-order valence-corrected chi connectivity index (χ4v) is 8.10. The molecule has 2 saturated carbocycles. The Balaban J connectivity index is 1.15. The molecule has 46 heavy (non-hydrogen) atoms. The Kier molecular flexibility index (Phi) is 8.51. The molecule has 0 bridgehead atoms. The molecule has 9 nitrogen and oxygen atoms in total. The van der Waals surface area contributed by atoms with Crippen LogP contribution in [0.5, 0.6) is 6.01 Å². The Morgan fingerprint density at radius 1 is 1.17 bits per heavy atom. The van der Waals surface area contributed by atoms with Crippen molar-refractivity contribution < 1.29 is 14.3 Å². The molecule has 0 radical (unpaired) electrons. The minimum Gasteiger partial charge on any atom is -0.461 e. The normalized spacial score (nSPS) is 21.2. The van der Waals surface area contributed by atoms with E-state index < -0.39 is 0 Å². The van der Waals surface area contributed by atoms with Gasteiger partial charge in [-0.3, -0.25) is 4.79 Å². The summed E-state index contributed by atoms with van der Waals surface area (Å²) < 4.78 is 12.6. The minimum atomic E-state index is -0.250. The molecule has 3 fully saturated rings. The molecule has 2 aromatic carbocycles. The Morgan fingerprint density at radius 3 is 2.72 bits per heavy atom. The van der Waals surface area contributed by atoms with Gasteiger partial charge in [-0.15, -0.1) is 0 Å². The number of hydrogen-bond acceptors (Lipinski definition) is 7. The number of nitrogens with zero attached hydrogens (tertiary/aromatic N) is 6. The fourth-order valence-electron chi connectivity index (χ4n) is 7.82. The lowest BCUT2D eigenvalue weighted by molar-refractivity contribution is -0.144. The number of halogens is 1. The molecule has 7 rings (SSSR count). The molecule has 10 heteroatoms. The fraction of sp³-hybridized carbons (Fsp3) is 0.500. The van der Waals surface area contributed by atoms with Crippen molar-refractivity contribution in [3.8, 4) is 6.01 Å². The third kappa shape index (κ3) is 5.89. The summed E-state index contributed by atoms with van der Waals surface area (Å²) in [5, 5.41) is 2.87. The van der Waals surface area contributed by atoms with E-state index in [0.717, 1.165) is 64.4 Å². The van der Waals surface area contributed by atoms with Gasteiger partial charge in [0.05, 0.1) is 29.5 Å². The van der Waals surface area contributed by atoms with Gasteiger partial charge in [0, 0.05) is 42.8 Å². The first-order valence-electron chi connectivity index (χ1n) is 16.5. The summed E-state index contributed by atoms with van der Waals surface area (Å²) in [6, 6.07) is 12.4. The number of ether oxygens (including phenoxy) is 2. The van der Waals surface area contributed by atoms with Crippen molar-refractivity contribution in [3.05, 3.63) is 76.8 Å². The van der Waals surface area contributed by atoms with Crippen molar-refractivity contribution in [2.75, 3.05) is 49.1 Å². The van der Waals surface area contributed by atoms with Crippen LogP contribution in [0.4, 0.5) is 11.5 Å². The number of amides is 1. The molecule has 1 aromatic heterocycles. The van der Waals surface area contributed by atoms with E-state index in [9.17, 15) is 4.79 Å². The summed E-state index contributed by atoms with van der Waals surface area (Å²) >= 11 is 6.72. The summed E-state index contributed by atoms with van der Waals surface area (Å²) in [5.41, 5.74) is 3.65. The van der Waals surface area contributed by atoms with Gasteiger partial charge in [-0.05, 0) is 68.0 Å². The Labute approximate surface area is 275 Å². The summed E-state index contributed by atoms with van der Waals surface area (Å²) in [7, 11) is 0. The Bertz CT molecular complexity index is 1670. The van der Waals surface area contributed by atoms with Crippen molar-refractivity contribution in [2.45, 2.75) is 70.2 Å². The molecular formula is C36H41ClN6O3. The van der Waals surface area contributed by atoms with Crippen LogP contribution in [-0.4, -0.2) is 78.4 Å². The van der Waals surface area contributed by atoms with Crippen molar-refractivity contribution >= 4 is 39.8 Å². The Hall–Kier alpha value is -3.87. The first-order chi connectivity index (χ1) is 22.4. The quantitative estimate of drug-likeness (QED) is 0.207. The molecule has 3 heterocycles. The number of aromatic nitrogens is 2. The smallest absolute Gasteiger partial charge is 0.318 e.